The van der Waals surface area contributed by atoms with Crippen molar-refractivity contribution in [1.29, 1.82) is 0 Å². The van der Waals surface area contributed by atoms with Gasteiger partial charge in [0.15, 0.2) is 0 Å². The molecular formula is C16H19NO2. The third-order valence-corrected chi connectivity index (χ3v) is 2.53. The standard InChI is InChI=1S/C14H13NO2.C2H6/c1-10-3-5-11(6-4-10)13-8-7-12(9-15-13)14(16)17-2;1-2/h3-9H,1-2H3;1-2H3. The van der Waals surface area contributed by atoms with Gasteiger partial charge in [0.05, 0.1) is 18.4 Å². The number of carbonyl (C=O) groups excluding carboxylic acids is 1. The fraction of sp³-hybridized carbons (Fsp3) is 0.250. The number of aromatic nitrogens is 1. The summed E-state index contributed by atoms with van der Waals surface area (Å²) < 4.78 is 4.62. The summed E-state index contributed by atoms with van der Waals surface area (Å²) in [6.07, 6.45) is 1.53. The van der Waals surface area contributed by atoms with Gasteiger partial charge in [0.25, 0.3) is 0 Å². The van der Waals surface area contributed by atoms with Crippen molar-refractivity contribution in [3.8, 4) is 11.3 Å². The molecule has 0 saturated carbocycles. The third kappa shape index (κ3) is 3.91. The topological polar surface area (TPSA) is 39.2 Å². The molecule has 1 aromatic carbocycles. The molecule has 0 atom stereocenters. The number of methoxy groups -OCH3 is 1. The highest BCUT2D eigenvalue weighted by molar-refractivity contribution is 5.89. The highest BCUT2D eigenvalue weighted by Gasteiger charge is 2.06. The van der Waals surface area contributed by atoms with E-state index in [1.807, 2.05) is 51.1 Å². The van der Waals surface area contributed by atoms with Gasteiger partial charge in [-0.2, -0.15) is 0 Å². The Balaban J connectivity index is 0.000000861. The summed E-state index contributed by atoms with van der Waals surface area (Å²) >= 11 is 0. The molecule has 0 N–H and O–H groups in total. The lowest BCUT2D eigenvalue weighted by Crippen LogP contribution is -2.01. The normalized spacial score (nSPS) is 9.26. The van der Waals surface area contributed by atoms with Gasteiger partial charge in [0.2, 0.25) is 0 Å². The van der Waals surface area contributed by atoms with Crippen LogP contribution in [0.3, 0.4) is 0 Å². The fourth-order valence-electron chi connectivity index (χ4n) is 1.53. The number of benzene rings is 1. The van der Waals surface area contributed by atoms with E-state index in [1.165, 1.54) is 18.9 Å². The number of hydrogen-bond acceptors (Lipinski definition) is 3. The number of pyridine rings is 1. The Morgan fingerprint density at radius 3 is 2.16 bits per heavy atom. The van der Waals surface area contributed by atoms with Gasteiger partial charge >= 0.3 is 5.97 Å². The van der Waals surface area contributed by atoms with E-state index in [0.29, 0.717) is 5.56 Å². The molecule has 0 aliphatic heterocycles. The molecule has 1 aromatic heterocycles. The van der Waals surface area contributed by atoms with Crippen LogP contribution in [0.4, 0.5) is 0 Å². The van der Waals surface area contributed by atoms with E-state index in [2.05, 4.69) is 9.72 Å². The van der Waals surface area contributed by atoms with Crippen molar-refractivity contribution >= 4 is 5.97 Å². The van der Waals surface area contributed by atoms with Crippen molar-refractivity contribution in [2.75, 3.05) is 7.11 Å². The molecule has 0 aliphatic rings. The second-order valence-corrected chi connectivity index (χ2v) is 3.79. The molecule has 0 spiro atoms. The van der Waals surface area contributed by atoms with Crippen LogP contribution in [0.1, 0.15) is 29.8 Å². The van der Waals surface area contributed by atoms with Gasteiger partial charge in [0, 0.05) is 11.8 Å². The molecule has 0 unspecified atom stereocenters. The van der Waals surface area contributed by atoms with Crippen molar-refractivity contribution < 1.29 is 9.53 Å². The molecule has 19 heavy (non-hydrogen) atoms. The number of hydrogen-bond donors (Lipinski definition) is 0. The van der Waals surface area contributed by atoms with Gasteiger partial charge in [-0.25, -0.2) is 4.79 Å². The van der Waals surface area contributed by atoms with Crippen molar-refractivity contribution in [2.45, 2.75) is 20.8 Å². The number of aryl methyl sites for hydroxylation is 1. The van der Waals surface area contributed by atoms with Crippen LogP contribution in [0.5, 0.6) is 0 Å². The maximum absolute atomic E-state index is 11.2. The summed E-state index contributed by atoms with van der Waals surface area (Å²) in [5.74, 6) is -0.368. The molecule has 3 nitrogen and oxygen atoms in total. The Kier molecular flexibility index (Phi) is 5.73. The summed E-state index contributed by atoms with van der Waals surface area (Å²) in [6, 6.07) is 11.6. The van der Waals surface area contributed by atoms with E-state index in [9.17, 15) is 4.79 Å². The minimum Gasteiger partial charge on any atom is -0.465 e. The molecule has 0 amide bonds. The maximum atomic E-state index is 11.2. The van der Waals surface area contributed by atoms with E-state index in [0.717, 1.165) is 11.3 Å². The largest absolute Gasteiger partial charge is 0.465 e. The van der Waals surface area contributed by atoms with Crippen molar-refractivity contribution in [1.82, 2.24) is 4.98 Å². The molecule has 0 radical (unpaired) electrons. The van der Waals surface area contributed by atoms with Gasteiger partial charge in [-0.1, -0.05) is 43.7 Å². The van der Waals surface area contributed by atoms with E-state index in [4.69, 9.17) is 0 Å². The van der Waals surface area contributed by atoms with Gasteiger partial charge < -0.3 is 4.74 Å². The molecule has 0 saturated heterocycles. The third-order valence-electron chi connectivity index (χ3n) is 2.53. The first-order chi connectivity index (χ1) is 9.20. The lowest BCUT2D eigenvalue weighted by molar-refractivity contribution is 0.0600. The van der Waals surface area contributed by atoms with Crippen LogP contribution in [0.25, 0.3) is 11.3 Å². The highest BCUT2D eigenvalue weighted by atomic mass is 16.5. The second-order valence-electron chi connectivity index (χ2n) is 3.79. The summed E-state index contributed by atoms with van der Waals surface area (Å²) in [4.78, 5) is 15.5. The zero-order chi connectivity index (χ0) is 14.3. The van der Waals surface area contributed by atoms with Crippen molar-refractivity contribution in [2.24, 2.45) is 0 Å². The Morgan fingerprint density at radius 2 is 1.68 bits per heavy atom. The summed E-state index contributed by atoms with van der Waals surface area (Å²) in [7, 11) is 1.36. The maximum Gasteiger partial charge on any atom is 0.339 e. The Morgan fingerprint density at radius 1 is 1.05 bits per heavy atom. The first-order valence-corrected chi connectivity index (χ1v) is 6.32. The van der Waals surface area contributed by atoms with Crippen LogP contribution in [-0.2, 0) is 4.74 Å². The quantitative estimate of drug-likeness (QED) is 0.767. The Labute approximate surface area is 114 Å². The first-order valence-electron chi connectivity index (χ1n) is 6.32. The molecule has 1 heterocycles. The van der Waals surface area contributed by atoms with Crippen LogP contribution in [0, 0.1) is 6.92 Å². The summed E-state index contributed by atoms with van der Waals surface area (Å²) in [6.45, 7) is 6.04. The average molecular weight is 257 g/mol. The van der Waals surface area contributed by atoms with E-state index < -0.39 is 0 Å². The fourth-order valence-corrected chi connectivity index (χ4v) is 1.53. The predicted octanol–water partition coefficient (Wildman–Crippen LogP) is 3.87. The first kappa shape index (κ1) is 14.9. The monoisotopic (exact) mass is 257 g/mol. The van der Waals surface area contributed by atoms with E-state index in [1.54, 1.807) is 6.07 Å². The molecule has 2 rings (SSSR count). The lowest BCUT2D eigenvalue weighted by Gasteiger charge is -2.03. The van der Waals surface area contributed by atoms with Gasteiger partial charge in [-0.15, -0.1) is 0 Å². The average Bonchev–Trinajstić information content (AvgIpc) is 2.49. The molecule has 0 bridgehead atoms. The smallest absolute Gasteiger partial charge is 0.339 e. The van der Waals surface area contributed by atoms with Crippen LogP contribution >= 0.6 is 0 Å². The zero-order valence-electron chi connectivity index (χ0n) is 11.8. The van der Waals surface area contributed by atoms with Crippen molar-refractivity contribution in [3.63, 3.8) is 0 Å². The number of nitrogens with zero attached hydrogens (tertiary/aromatic N) is 1. The molecule has 3 heteroatoms. The SMILES string of the molecule is CC.COC(=O)c1ccc(-c2ccc(C)cc2)nc1. The Hall–Kier alpha value is -2.16. The molecular weight excluding hydrogens is 238 g/mol. The lowest BCUT2D eigenvalue weighted by atomic mass is 10.1. The highest BCUT2D eigenvalue weighted by Crippen LogP contribution is 2.17. The van der Waals surface area contributed by atoms with Gasteiger partial charge in [0.1, 0.15) is 0 Å². The summed E-state index contributed by atoms with van der Waals surface area (Å²) in [5, 5.41) is 0. The molecule has 0 fully saturated rings. The minimum absolute atomic E-state index is 0.368. The van der Waals surface area contributed by atoms with Gasteiger partial charge in [-0.05, 0) is 19.1 Å². The Bertz CT molecular complexity index is 515. The molecule has 100 valence electrons. The second kappa shape index (κ2) is 7.31. The predicted molar refractivity (Wildman–Crippen MR) is 77.1 cm³/mol. The minimum atomic E-state index is -0.368. The van der Waals surface area contributed by atoms with Gasteiger partial charge in [-0.3, -0.25) is 4.98 Å². The number of rotatable bonds is 2. The molecule has 0 aliphatic carbocycles. The van der Waals surface area contributed by atoms with Crippen LogP contribution < -0.4 is 0 Å². The van der Waals surface area contributed by atoms with Crippen molar-refractivity contribution in [3.05, 3.63) is 53.7 Å². The zero-order valence-corrected chi connectivity index (χ0v) is 11.8. The van der Waals surface area contributed by atoms with Crippen LogP contribution in [0.2, 0.25) is 0 Å². The van der Waals surface area contributed by atoms with E-state index in [-0.39, 0.29) is 5.97 Å². The number of carbonyl (C=O) groups is 1. The van der Waals surface area contributed by atoms with Crippen LogP contribution in [-0.4, -0.2) is 18.1 Å². The molecule has 2 aromatic rings. The number of ether oxygens (including phenoxy) is 1. The van der Waals surface area contributed by atoms with E-state index >= 15 is 0 Å². The summed E-state index contributed by atoms with van der Waals surface area (Å²) in [5.41, 5.74) is 3.55. The number of esters is 1. The van der Waals surface area contributed by atoms with Crippen LogP contribution in [0.15, 0.2) is 42.6 Å².